The monoisotopic (exact) mass is 204 g/mol. The molecule has 0 saturated carbocycles. The molecule has 3 nitrogen and oxygen atoms in total. The molecule has 0 unspecified atom stereocenters. The summed E-state index contributed by atoms with van der Waals surface area (Å²) in [4.78, 5) is 11.4. The van der Waals surface area contributed by atoms with E-state index in [9.17, 15) is 4.79 Å². The van der Waals surface area contributed by atoms with Crippen molar-refractivity contribution in [1.29, 1.82) is 0 Å². The Kier molecular flexibility index (Phi) is 3.37. The van der Waals surface area contributed by atoms with Crippen molar-refractivity contribution >= 4 is 29.0 Å². The summed E-state index contributed by atoms with van der Waals surface area (Å²) in [5.41, 5.74) is 4.89. The second-order valence-electron chi connectivity index (χ2n) is 2.25. The van der Waals surface area contributed by atoms with Crippen LogP contribution in [0.2, 0.25) is 4.34 Å². The van der Waals surface area contributed by atoms with Crippen LogP contribution in [0.25, 0.3) is 0 Å². The van der Waals surface area contributed by atoms with Crippen molar-refractivity contribution in [2.75, 3.05) is 6.54 Å². The van der Waals surface area contributed by atoms with E-state index in [1.807, 2.05) is 12.1 Å². The average Bonchev–Trinajstić information content (AvgIpc) is 2.35. The Morgan fingerprint density at radius 3 is 2.92 bits per heavy atom. The molecule has 1 rings (SSSR count). The highest BCUT2D eigenvalue weighted by Crippen LogP contribution is 2.21. The van der Waals surface area contributed by atoms with Gasteiger partial charge in [-0.05, 0) is 18.6 Å². The second-order valence-corrected chi connectivity index (χ2v) is 4.05. The van der Waals surface area contributed by atoms with Crippen molar-refractivity contribution in [3.8, 4) is 0 Å². The summed E-state index contributed by atoms with van der Waals surface area (Å²) in [6.45, 7) is 0.562. The number of amides is 2. The van der Waals surface area contributed by atoms with E-state index in [4.69, 9.17) is 17.3 Å². The highest BCUT2D eigenvalue weighted by atomic mass is 35.5. The predicted molar refractivity (Wildman–Crippen MR) is 50.6 cm³/mol. The van der Waals surface area contributed by atoms with Crippen molar-refractivity contribution in [2.24, 2.45) is 5.73 Å². The molecule has 0 fully saturated rings. The van der Waals surface area contributed by atoms with Gasteiger partial charge in [0.15, 0.2) is 0 Å². The lowest BCUT2D eigenvalue weighted by molar-refractivity contribution is 0.249. The standard InChI is InChI=1S/C7H9ClN2OS/c8-6-2-1-5(12-6)3-4-10-7(9)11/h1-2H,3-4H2,(H3,9,10,11). The lowest BCUT2D eigenvalue weighted by atomic mass is 10.3. The molecule has 2 amide bonds. The van der Waals surface area contributed by atoms with Crippen LogP contribution in [0.15, 0.2) is 12.1 Å². The third kappa shape index (κ3) is 3.11. The largest absolute Gasteiger partial charge is 0.352 e. The first kappa shape index (κ1) is 9.35. The molecule has 0 aliphatic heterocycles. The summed E-state index contributed by atoms with van der Waals surface area (Å²) in [6.07, 6.45) is 0.778. The molecular weight excluding hydrogens is 196 g/mol. The fourth-order valence-electron chi connectivity index (χ4n) is 0.795. The van der Waals surface area contributed by atoms with Gasteiger partial charge in [0.05, 0.1) is 4.34 Å². The number of hydrogen-bond acceptors (Lipinski definition) is 2. The van der Waals surface area contributed by atoms with E-state index in [2.05, 4.69) is 5.32 Å². The zero-order valence-electron chi connectivity index (χ0n) is 6.34. The van der Waals surface area contributed by atoms with Crippen LogP contribution in [-0.2, 0) is 6.42 Å². The van der Waals surface area contributed by atoms with E-state index in [0.29, 0.717) is 6.54 Å². The van der Waals surface area contributed by atoms with Crippen LogP contribution < -0.4 is 11.1 Å². The van der Waals surface area contributed by atoms with Gasteiger partial charge in [0.25, 0.3) is 0 Å². The Bertz CT molecular complexity index is 274. The second kappa shape index (κ2) is 4.33. The number of rotatable bonds is 3. The van der Waals surface area contributed by atoms with Crippen molar-refractivity contribution in [3.63, 3.8) is 0 Å². The molecule has 0 aliphatic carbocycles. The summed E-state index contributed by atoms with van der Waals surface area (Å²) in [5.74, 6) is 0. The van der Waals surface area contributed by atoms with Gasteiger partial charge in [-0.2, -0.15) is 0 Å². The molecule has 0 spiro atoms. The first-order chi connectivity index (χ1) is 5.68. The molecule has 0 radical (unpaired) electrons. The maximum atomic E-state index is 10.3. The predicted octanol–water partition coefficient (Wildman–Crippen LogP) is 1.61. The molecule has 0 aromatic carbocycles. The van der Waals surface area contributed by atoms with Crippen molar-refractivity contribution in [2.45, 2.75) is 6.42 Å². The lowest BCUT2D eigenvalue weighted by Crippen LogP contribution is -2.30. The van der Waals surface area contributed by atoms with Crippen molar-refractivity contribution in [3.05, 3.63) is 21.3 Å². The molecule has 12 heavy (non-hydrogen) atoms. The topological polar surface area (TPSA) is 55.1 Å². The molecular formula is C7H9ClN2OS. The normalized spacial score (nSPS) is 9.75. The lowest BCUT2D eigenvalue weighted by Gasteiger charge is -1.97. The molecule has 1 aromatic heterocycles. The van der Waals surface area contributed by atoms with Crippen molar-refractivity contribution < 1.29 is 4.79 Å². The van der Waals surface area contributed by atoms with Gasteiger partial charge in [-0.1, -0.05) is 11.6 Å². The van der Waals surface area contributed by atoms with Gasteiger partial charge >= 0.3 is 6.03 Å². The van der Waals surface area contributed by atoms with Crippen LogP contribution in [0.3, 0.4) is 0 Å². The quantitative estimate of drug-likeness (QED) is 0.773. The number of carbonyl (C=O) groups excluding carboxylic acids is 1. The third-order valence-electron chi connectivity index (χ3n) is 1.30. The number of halogens is 1. The number of urea groups is 1. The Morgan fingerprint density at radius 2 is 2.42 bits per heavy atom. The first-order valence-electron chi connectivity index (χ1n) is 3.46. The van der Waals surface area contributed by atoms with Crippen LogP contribution in [0.4, 0.5) is 4.79 Å². The summed E-state index contributed by atoms with van der Waals surface area (Å²) >= 11 is 7.22. The van der Waals surface area contributed by atoms with Gasteiger partial charge in [-0.15, -0.1) is 11.3 Å². The van der Waals surface area contributed by atoms with Gasteiger partial charge in [0, 0.05) is 11.4 Å². The molecule has 0 atom stereocenters. The summed E-state index contributed by atoms with van der Waals surface area (Å²) in [7, 11) is 0. The smallest absolute Gasteiger partial charge is 0.312 e. The van der Waals surface area contributed by atoms with Gasteiger partial charge < -0.3 is 11.1 Å². The molecule has 3 N–H and O–H groups in total. The van der Waals surface area contributed by atoms with Gasteiger partial charge in [-0.25, -0.2) is 4.79 Å². The number of thiophene rings is 1. The van der Waals surface area contributed by atoms with Gasteiger partial charge in [-0.3, -0.25) is 0 Å². The first-order valence-corrected chi connectivity index (χ1v) is 4.65. The molecule has 1 heterocycles. The Labute approximate surface area is 79.5 Å². The maximum Gasteiger partial charge on any atom is 0.312 e. The molecule has 66 valence electrons. The van der Waals surface area contributed by atoms with E-state index in [-0.39, 0.29) is 0 Å². The van der Waals surface area contributed by atoms with E-state index < -0.39 is 6.03 Å². The molecule has 0 bridgehead atoms. The Balaban J connectivity index is 2.29. The van der Waals surface area contributed by atoms with Gasteiger partial charge in [0.2, 0.25) is 0 Å². The third-order valence-corrected chi connectivity index (χ3v) is 2.59. The van der Waals surface area contributed by atoms with Crippen molar-refractivity contribution in [1.82, 2.24) is 5.32 Å². The molecule has 0 aliphatic rings. The average molecular weight is 205 g/mol. The minimum absolute atomic E-state index is 0.488. The molecule has 0 saturated heterocycles. The van der Waals surface area contributed by atoms with E-state index in [0.717, 1.165) is 15.6 Å². The van der Waals surface area contributed by atoms with Crippen LogP contribution >= 0.6 is 22.9 Å². The zero-order valence-corrected chi connectivity index (χ0v) is 7.91. The summed E-state index contributed by atoms with van der Waals surface area (Å²) < 4.78 is 0.768. The highest BCUT2D eigenvalue weighted by Gasteiger charge is 1.97. The summed E-state index contributed by atoms with van der Waals surface area (Å²) in [6, 6.07) is 3.29. The highest BCUT2D eigenvalue weighted by molar-refractivity contribution is 7.16. The zero-order chi connectivity index (χ0) is 8.97. The fraction of sp³-hybridized carbons (Fsp3) is 0.286. The number of hydrogen-bond donors (Lipinski definition) is 2. The Morgan fingerprint density at radius 1 is 1.67 bits per heavy atom. The molecule has 5 heteroatoms. The SMILES string of the molecule is NC(=O)NCCc1ccc(Cl)s1. The Hall–Kier alpha value is -0.740. The van der Waals surface area contributed by atoms with E-state index in [1.54, 1.807) is 0 Å². The fourth-order valence-corrected chi connectivity index (χ4v) is 1.88. The van der Waals surface area contributed by atoms with E-state index >= 15 is 0 Å². The van der Waals surface area contributed by atoms with Crippen LogP contribution in [-0.4, -0.2) is 12.6 Å². The van der Waals surface area contributed by atoms with Crippen LogP contribution in [0.1, 0.15) is 4.88 Å². The maximum absolute atomic E-state index is 10.3. The van der Waals surface area contributed by atoms with Gasteiger partial charge in [0.1, 0.15) is 0 Å². The van der Waals surface area contributed by atoms with Crippen LogP contribution in [0, 0.1) is 0 Å². The number of nitrogens with one attached hydrogen (secondary N) is 1. The van der Waals surface area contributed by atoms with Crippen LogP contribution in [0.5, 0.6) is 0 Å². The summed E-state index contributed by atoms with van der Waals surface area (Å²) in [5, 5.41) is 2.51. The minimum Gasteiger partial charge on any atom is -0.352 e. The number of carbonyl (C=O) groups is 1. The van der Waals surface area contributed by atoms with E-state index in [1.165, 1.54) is 11.3 Å². The molecule has 1 aromatic rings. The number of primary amides is 1. The number of nitrogens with two attached hydrogens (primary N) is 1. The minimum atomic E-state index is -0.488.